The van der Waals surface area contributed by atoms with Gasteiger partial charge >= 0.3 is 0 Å². The van der Waals surface area contributed by atoms with Gasteiger partial charge in [-0.3, -0.25) is 0 Å². The lowest BCUT2D eigenvalue weighted by molar-refractivity contribution is 0.161. The summed E-state index contributed by atoms with van der Waals surface area (Å²) >= 11 is 0. The van der Waals surface area contributed by atoms with E-state index in [1.165, 1.54) is 19.3 Å². The summed E-state index contributed by atoms with van der Waals surface area (Å²) in [7, 11) is 0. The van der Waals surface area contributed by atoms with Crippen molar-refractivity contribution in [2.24, 2.45) is 5.92 Å². The van der Waals surface area contributed by atoms with E-state index in [0.29, 0.717) is 6.04 Å². The average molecular weight is 173 g/mol. The van der Waals surface area contributed by atoms with Crippen LogP contribution < -0.4 is 5.32 Å². The third kappa shape index (κ3) is 2.73. The topological polar surface area (TPSA) is 52.5 Å². The third-order valence-electron chi connectivity index (χ3n) is 2.61. The fourth-order valence-corrected chi connectivity index (χ4v) is 1.85. The van der Waals surface area contributed by atoms with Crippen LogP contribution in [0.5, 0.6) is 0 Å². The number of nitrogens with one attached hydrogen (secondary N) is 1. The van der Waals surface area contributed by atoms with E-state index in [-0.39, 0.29) is 19.3 Å². The standard InChI is InChI=1S/C9H19NO2/c1-7-2-3-8(4-7)10-9(5-11)6-12/h7-12H,2-6H2,1H3/t7-,8-/m0/s1. The molecule has 3 heteroatoms. The van der Waals surface area contributed by atoms with E-state index in [0.717, 1.165) is 5.92 Å². The Labute approximate surface area is 73.8 Å². The van der Waals surface area contributed by atoms with Gasteiger partial charge in [0, 0.05) is 6.04 Å². The van der Waals surface area contributed by atoms with Crippen molar-refractivity contribution < 1.29 is 10.2 Å². The Hall–Kier alpha value is -0.120. The molecule has 0 aromatic rings. The van der Waals surface area contributed by atoms with Crippen molar-refractivity contribution in [3.05, 3.63) is 0 Å². The number of aliphatic hydroxyl groups excluding tert-OH is 2. The highest BCUT2D eigenvalue weighted by atomic mass is 16.3. The molecule has 1 saturated carbocycles. The van der Waals surface area contributed by atoms with Gasteiger partial charge in [0.1, 0.15) is 0 Å². The molecule has 0 aliphatic heterocycles. The monoisotopic (exact) mass is 173 g/mol. The van der Waals surface area contributed by atoms with Crippen LogP contribution in [-0.4, -0.2) is 35.5 Å². The van der Waals surface area contributed by atoms with Crippen LogP contribution in [0.3, 0.4) is 0 Å². The van der Waals surface area contributed by atoms with E-state index in [1.807, 2.05) is 0 Å². The molecule has 0 saturated heterocycles. The summed E-state index contributed by atoms with van der Waals surface area (Å²) in [5.74, 6) is 0.792. The molecule has 0 unspecified atom stereocenters. The van der Waals surface area contributed by atoms with E-state index < -0.39 is 0 Å². The fourth-order valence-electron chi connectivity index (χ4n) is 1.85. The number of aliphatic hydroxyl groups is 2. The normalized spacial score (nSPS) is 30.0. The number of hydrogen-bond donors (Lipinski definition) is 3. The molecule has 2 atom stereocenters. The molecule has 1 aliphatic rings. The summed E-state index contributed by atoms with van der Waals surface area (Å²) in [6.07, 6.45) is 3.62. The highest BCUT2D eigenvalue weighted by molar-refractivity contribution is 4.81. The van der Waals surface area contributed by atoms with Crippen molar-refractivity contribution in [1.29, 1.82) is 0 Å². The smallest absolute Gasteiger partial charge is 0.0607 e. The molecule has 12 heavy (non-hydrogen) atoms. The average Bonchev–Trinajstić information content (AvgIpc) is 2.47. The van der Waals surface area contributed by atoms with E-state index in [1.54, 1.807) is 0 Å². The minimum absolute atomic E-state index is 0.0291. The zero-order valence-corrected chi connectivity index (χ0v) is 7.66. The molecule has 3 nitrogen and oxygen atoms in total. The molecule has 0 amide bonds. The molecule has 0 spiro atoms. The van der Waals surface area contributed by atoms with Crippen molar-refractivity contribution in [2.45, 2.75) is 38.3 Å². The van der Waals surface area contributed by atoms with E-state index >= 15 is 0 Å². The molecule has 1 aliphatic carbocycles. The van der Waals surface area contributed by atoms with Crippen LogP contribution in [-0.2, 0) is 0 Å². The summed E-state index contributed by atoms with van der Waals surface area (Å²) in [5.41, 5.74) is 0. The Bertz CT molecular complexity index is 126. The molecule has 72 valence electrons. The van der Waals surface area contributed by atoms with Gasteiger partial charge in [-0.25, -0.2) is 0 Å². The van der Waals surface area contributed by atoms with Gasteiger partial charge in [-0.2, -0.15) is 0 Å². The van der Waals surface area contributed by atoms with Gasteiger partial charge in [0.25, 0.3) is 0 Å². The Morgan fingerprint density at radius 2 is 2.00 bits per heavy atom. The molecule has 1 fully saturated rings. The first kappa shape index (κ1) is 9.96. The predicted octanol–water partition coefficient (Wildman–Crippen LogP) is 0.118. The lowest BCUT2D eigenvalue weighted by Crippen LogP contribution is -2.41. The van der Waals surface area contributed by atoms with Crippen LogP contribution in [0.25, 0.3) is 0 Å². The second-order valence-corrected chi connectivity index (χ2v) is 3.84. The quantitative estimate of drug-likeness (QED) is 0.566. The van der Waals surface area contributed by atoms with Gasteiger partial charge in [0.05, 0.1) is 19.3 Å². The third-order valence-corrected chi connectivity index (χ3v) is 2.61. The van der Waals surface area contributed by atoms with Crippen LogP contribution in [0.2, 0.25) is 0 Å². The van der Waals surface area contributed by atoms with Crippen molar-refractivity contribution >= 4 is 0 Å². The second kappa shape index (κ2) is 4.80. The van der Waals surface area contributed by atoms with Crippen LogP contribution in [0.15, 0.2) is 0 Å². The zero-order valence-electron chi connectivity index (χ0n) is 7.66. The number of hydrogen-bond acceptors (Lipinski definition) is 3. The minimum atomic E-state index is -0.125. The SMILES string of the molecule is C[C@H]1CC[C@H](NC(CO)CO)C1. The molecule has 0 aromatic carbocycles. The van der Waals surface area contributed by atoms with Gasteiger partial charge < -0.3 is 15.5 Å². The van der Waals surface area contributed by atoms with Gasteiger partial charge in [0.15, 0.2) is 0 Å². The number of rotatable bonds is 4. The van der Waals surface area contributed by atoms with Crippen LogP contribution in [0.4, 0.5) is 0 Å². The highest BCUT2D eigenvalue weighted by Gasteiger charge is 2.22. The Morgan fingerprint density at radius 3 is 2.42 bits per heavy atom. The van der Waals surface area contributed by atoms with Crippen molar-refractivity contribution in [1.82, 2.24) is 5.32 Å². The first-order valence-corrected chi connectivity index (χ1v) is 4.74. The molecule has 0 aromatic heterocycles. The zero-order chi connectivity index (χ0) is 8.97. The minimum Gasteiger partial charge on any atom is -0.395 e. The first-order valence-electron chi connectivity index (χ1n) is 4.74. The Balaban J connectivity index is 2.21. The molecule has 0 bridgehead atoms. The van der Waals surface area contributed by atoms with Gasteiger partial charge in [-0.05, 0) is 25.2 Å². The molecule has 1 rings (SSSR count). The van der Waals surface area contributed by atoms with Gasteiger partial charge in [0.2, 0.25) is 0 Å². The lowest BCUT2D eigenvalue weighted by Gasteiger charge is -2.18. The van der Waals surface area contributed by atoms with E-state index in [4.69, 9.17) is 10.2 Å². The van der Waals surface area contributed by atoms with Crippen LogP contribution >= 0.6 is 0 Å². The van der Waals surface area contributed by atoms with Crippen molar-refractivity contribution in [2.75, 3.05) is 13.2 Å². The maximum atomic E-state index is 8.83. The molecule has 0 radical (unpaired) electrons. The summed E-state index contributed by atoms with van der Waals surface area (Å²) in [6.45, 7) is 2.30. The Kier molecular flexibility index (Phi) is 3.98. The second-order valence-electron chi connectivity index (χ2n) is 3.84. The molecular formula is C9H19NO2. The summed E-state index contributed by atoms with van der Waals surface area (Å²) in [4.78, 5) is 0. The predicted molar refractivity (Wildman–Crippen MR) is 47.9 cm³/mol. The van der Waals surface area contributed by atoms with Crippen molar-refractivity contribution in [3.8, 4) is 0 Å². The summed E-state index contributed by atoms with van der Waals surface area (Å²) in [5, 5.41) is 20.9. The summed E-state index contributed by atoms with van der Waals surface area (Å²) in [6, 6.07) is 0.379. The highest BCUT2D eigenvalue weighted by Crippen LogP contribution is 2.24. The van der Waals surface area contributed by atoms with Gasteiger partial charge in [-0.1, -0.05) is 6.92 Å². The first-order chi connectivity index (χ1) is 5.76. The fraction of sp³-hybridized carbons (Fsp3) is 1.00. The largest absolute Gasteiger partial charge is 0.395 e. The van der Waals surface area contributed by atoms with Gasteiger partial charge in [-0.15, -0.1) is 0 Å². The molecular weight excluding hydrogens is 154 g/mol. The molecule has 0 heterocycles. The lowest BCUT2D eigenvalue weighted by atomic mass is 10.1. The van der Waals surface area contributed by atoms with Crippen LogP contribution in [0.1, 0.15) is 26.2 Å². The van der Waals surface area contributed by atoms with E-state index in [2.05, 4.69) is 12.2 Å². The maximum absolute atomic E-state index is 8.83. The molecule has 3 N–H and O–H groups in total. The summed E-state index contributed by atoms with van der Waals surface area (Å²) < 4.78 is 0. The maximum Gasteiger partial charge on any atom is 0.0607 e. The Morgan fingerprint density at radius 1 is 1.33 bits per heavy atom. The van der Waals surface area contributed by atoms with E-state index in [9.17, 15) is 0 Å². The van der Waals surface area contributed by atoms with Crippen molar-refractivity contribution in [3.63, 3.8) is 0 Å². The van der Waals surface area contributed by atoms with Crippen LogP contribution in [0, 0.1) is 5.92 Å².